The van der Waals surface area contributed by atoms with Crippen LogP contribution in [0.25, 0.3) is 11.1 Å². The summed E-state index contributed by atoms with van der Waals surface area (Å²) in [6, 6.07) is 13.9. The lowest BCUT2D eigenvalue weighted by Gasteiger charge is -2.25. The van der Waals surface area contributed by atoms with Gasteiger partial charge in [0.05, 0.1) is 24.4 Å². The second-order valence-electron chi connectivity index (χ2n) is 6.34. The van der Waals surface area contributed by atoms with Gasteiger partial charge in [-0.3, -0.25) is 14.9 Å². The van der Waals surface area contributed by atoms with Crippen LogP contribution in [0, 0.1) is 0 Å². The highest BCUT2D eigenvalue weighted by atomic mass is 16.2. The largest absolute Gasteiger partial charge is 0.334 e. The first kappa shape index (κ1) is 15.6. The van der Waals surface area contributed by atoms with Gasteiger partial charge in [0.2, 0.25) is 5.91 Å². The van der Waals surface area contributed by atoms with E-state index in [1.807, 2.05) is 53.6 Å². The SMILES string of the molecule is O=C(Cc1ccccc1)N1CCC[C@@H]1c1[nH]ncc1-c1ccncc1. The maximum absolute atomic E-state index is 12.8. The molecule has 2 aromatic heterocycles. The summed E-state index contributed by atoms with van der Waals surface area (Å²) >= 11 is 0. The number of hydrogen-bond acceptors (Lipinski definition) is 3. The average Bonchev–Trinajstić information content (AvgIpc) is 3.32. The van der Waals surface area contributed by atoms with Crippen molar-refractivity contribution in [3.8, 4) is 11.1 Å². The van der Waals surface area contributed by atoms with Crippen LogP contribution in [0.3, 0.4) is 0 Å². The monoisotopic (exact) mass is 332 g/mol. The number of H-pyrrole nitrogens is 1. The van der Waals surface area contributed by atoms with E-state index in [1.165, 1.54) is 0 Å². The van der Waals surface area contributed by atoms with Gasteiger partial charge in [0.1, 0.15) is 0 Å². The van der Waals surface area contributed by atoms with E-state index in [1.54, 1.807) is 12.4 Å². The zero-order valence-electron chi connectivity index (χ0n) is 13.9. The Kier molecular flexibility index (Phi) is 4.29. The molecule has 1 saturated heterocycles. The molecule has 4 rings (SSSR count). The average molecular weight is 332 g/mol. The number of amides is 1. The zero-order valence-corrected chi connectivity index (χ0v) is 13.9. The van der Waals surface area contributed by atoms with Gasteiger partial charge in [0.25, 0.3) is 0 Å². The van der Waals surface area contributed by atoms with Gasteiger partial charge in [-0.15, -0.1) is 0 Å². The number of aromatic amines is 1. The molecule has 5 nitrogen and oxygen atoms in total. The summed E-state index contributed by atoms with van der Waals surface area (Å²) in [7, 11) is 0. The molecule has 1 N–H and O–H groups in total. The van der Waals surface area contributed by atoms with Gasteiger partial charge in [-0.05, 0) is 36.1 Å². The fraction of sp³-hybridized carbons (Fsp3) is 0.250. The molecular formula is C20H20N4O. The summed E-state index contributed by atoms with van der Waals surface area (Å²) in [6.45, 7) is 0.797. The maximum atomic E-state index is 12.8. The quantitative estimate of drug-likeness (QED) is 0.797. The number of aromatic nitrogens is 3. The van der Waals surface area contributed by atoms with Gasteiger partial charge in [-0.25, -0.2) is 0 Å². The first-order valence-electron chi connectivity index (χ1n) is 8.60. The molecular weight excluding hydrogens is 312 g/mol. The highest BCUT2D eigenvalue weighted by Gasteiger charge is 2.32. The number of rotatable bonds is 4. The predicted molar refractivity (Wildman–Crippen MR) is 95.7 cm³/mol. The lowest BCUT2D eigenvalue weighted by Crippen LogP contribution is -2.32. The highest BCUT2D eigenvalue weighted by Crippen LogP contribution is 2.36. The van der Waals surface area contributed by atoms with Crippen LogP contribution in [0.5, 0.6) is 0 Å². The first-order valence-corrected chi connectivity index (χ1v) is 8.60. The van der Waals surface area contributed by atoms with E-state index in [0.29, 0.717) is 6.42 Å². The van der Waals surface area contributed by atoms with Crippen molar-refractivity contribution < 1.29 is 4.79 Å². The third-order valence-electron chi connectivity index (χ3n) is 4.76. The molecule has 126 valence electrons. The Bertz CT molecular complexity index is 844. The van der Waals surface area contributed by atoms with E-state index in [2.05, 4.69) is 15.2 Å². The summed E-state index contributed by atoms with van der Waals surface area (Å²) in [6.07, 6.45) is 7.80. The molecule has 1 aliphatic rings. The van der Waals surface area contributed by atoms with Crippen LogP contribution in [-0.2, 0) is 11.2 Å². The maximum Gasteiger partial charge on any atom is 0.227 e. The highest BCUT2D eigenvalue weighted by molar-refractivity contribution is 5.80. The summed E-state index contributed by atoms with van der Waals surface area (Å²) < 4.78 is 0. The summed E-state index contributed by atoms with van der Waals surface area (Å²) in [4.78, 5) is 18.9. The van der Waals surface area contributed by atoms with Crippen molar-refractivity contribution in [3.63, 3.8) is 0 Å². The standard InChI is InChI=1S/C20H20N4O/c25-19(13-15-5-2-1-3-6-15)24-12-4-7-18(24)20-17(14-22-23-20)16-8-10-21-11-9-16/h1-3,5-6,8-11,14,18H,4,7,12-13H2,(H,22,23)/t18-/m1/s1. The molecule has 1 aliphatic heterocycles. The fourth-order valence-electron chi connectivity index (χ4n) is 3.55. The van der Waals surface area contributed by atoms with Crippen LogP contribution in [0.4, 0.5) is 0 Å². The van der Waals surface area contributed by atoms with Gasteiger partial charge in [-0.2, -0.15) is 5.10 Å². The molecule has 0 unspecified atom stereocenters. The fourth-order valence-corrected chi connectivity index (χ4v) is 3.55. The van der Waals surface area contributed by atoms with E-state index >= 15 is 0 Å². The summed E-state index contributed by atoms with van der Waals surface area (Å²) in [5, 5.41) is 7.37. The second kappa shape index (κ2) is 6.89. The van der Waals surface area contributed by atoms with Crippen LogP contribution < -0.4 is 0 Å². The van der Waals surface area contributed by atoms with Crippen LogP contribution in [0.2, 0.25) is 0 Å². The molecule has 0 saturated carbocycles. The van der Waals surface area contributed by atoms with Crippen molar-refractivity contribution in [1.82, 2.24) is 20.1 Å². The number of nitrogens with one attached hydrogen (secondary N) is 1. The molecule has 25 heavy (non-hydrogen) atoms. The minimum Gasteiger partial charge on any atom is -0.334 e. The van der Waals surface area contributed by atoms with Crippen molar-refractivity contribution in [3.05, 3.63) is 72.3 Å². The topological polar surface area (TPSA) is 61.9 Å². The molecule has 1 atom stereocenters. The Morgan fingerprint density at radius 3 is 2.76 bits per heavy atom. The van der Waals surface area contributed by atoms with Crippen LogP contribution in [0.1, 0.15) is 30.1 Å². The lowest BCUT2D eigenvalue weighted by molar-refractivity contribution is -0.131. The van der Waals surface area contributed by atoms with Crippen LogP contribution in [-0.4, -0.2) is 32.5 Å². The number of hydrogen-bond donors (Lipinski definition) is 1. The molecule has 0 spiro atoms. The second-order valence-corrected chi connectivity index (χ2v) is 6.34. The number of benzene rings is 1. The smallest absolute Gasteiger partial charge is 0.227 e. The summed E-state index contributed by atoms with van der Waals surface area (Å²) in [5.74, 6) is 0.170. The van der Waals surface area contributed by atoms with E-state index in [9.17, 15) is 4.79 Å². The van der Waals surface area contributed by atoms with Crippen molar-refractivity contribution in [1.29, 1.82) is 0 Å². The zero-order chi connectivity index (χ0) is 17.1. The van der Waals surface area contributed by atoms with Crippen LogP contribution >= 0.6 is 0 Å². The molecule has 0 aliphatic carbocycles. The van der Waals surface area contributed by atoms with Gasteiger partial charge in [0, 0.05) is 24.5 Å². The Morgan fingerprint density at radius 2 is 1.96 bits per heavy atom. The van der Waals surface area contributed by atoms with Crippen LogP contribution in [0.15, 0.2) is 61.1 Å². The Hall–Kier alpha value is -2.95. The van der Waals surface area contributed by atoms with Gasteiger partial charge in [-0.1, -0.05) is 30.3 Å². The third kappa shape index (κ3) is 3.18. The van der Waals surface area contributed by atoms with Crippen molar-refractivity contribution in [2.45, 2.75) is 25.3 Å². The molecule has 0 radical (unpaired) electrons. The normalized spacial score (nSPS) is 17.0. The van der Waals surface area contributed by atoms with E-state index in [4.69, 9.17) is 0 Å². The van der Waals surface area contributed by atoms with E-state index in [0.717, 1.165) is 41.8 Å². The number of pyridine rings is 1. The number of likely N-dealkylation sites (tertiary alicyclic amines) is 1. The Balaban J connectivity index is 1.58. The van der Waals surface area contributed by atoms with Crippen molar-refractivity contribution in [2.75, 3.05) is 6.54 Å². The molecule has 1 amide bonds. The van der Waals surface area contributed by atoms with E-state index < -0.39 is 0 Å². The van der Waals surface area contributed by atoms with Gasteiger partial charge < -0.3 is 4.90 Å². The molecule has 3 heterocycles. The summed E-state index contributed by atoms with van der Waals surface area (Å²) in [5.41, 5.74) is 4.19. The van der Waals surface area contributed by atoms with E-state index in [-0.39, 0.29) is 11.9 Å². The minimum absolute atomic E-state index is 0.0573. The third-order valence-corrected chi connectivity index (χ3v) is 4.76. The lowest BCUT2D eigenvalue weighted by atomic mass is 10.0. The molecule has 5 heteroatoms. The minimum atomic E-state index is 0.0573. The predicted octanol–water partition coefficient (Wildman–Crippen LogP) is 3.38. The molecule has 0 bridgehead atoms. The van der Waals surface area contributed by atoms with Crippen molar-refractivity contribution >= 4 is 5.91 Å². The Labute approximate surface area is 146 Å². The number of carbonyl (C=O) groups is 1. The molecule has 3 aromatic rings. The van der Waals surface area contributed by atoms with Gasteiger partial charge in [0.15, 0.2) is 0 Å². The Morgan fingerprint density at radius 1 is 1.16 bits per heavy atom. The number of carbonyl (C=O) groups excluding carboxylic acids is 1. The van der Waals surface area contributed by atoms with Crippen molar-refractivity contribution in [2.24, 2.45) is 0 Å². The number of nitrogens with zero attached hydrogens (tertiary/aromatic N) is 3. The molecule has 1 fully saturated rings. The molecule has 1 aromatic carbocycles. The van der Waals surface area contributed by atoms with Gasteiger partial charge >= 0.3 is 0 Å². The first-order chi connectivity index (χ1) is 12.3.